The highest BCUT2D eigenvalue weighted by Crippen LogP contribution is 2.52. The predicted molar refractivity (Wildman–Crippen MR) is 89.0 cm³/mol. The average molecular weight is 331 g/mol. The summed E-state index contributed by atoms with van der Waals surface area (Å²) in [6, 6.07) is 9.10. The lowest BCUT2D eigenvalue weighted by molar-refractivity contribution is -0.130. The molecule has 0 saturated carbocycles. The molecule has 2 atom stereocenters. The van der Waals surface area contributed by atoms with Crippen LogP contribution in [0.1, 0.15) is 34.9 Å². The quantitative estimate of drug-likeness (QED) is 0.784. The fraction of sp³-hybridized carbons (Fsp3) is 0.421. The van der Waals surface area contributed by atoms with E-state index >= 15 is 0 Å². The van der Waals surface area contributed by atoms with Crippen molar-refractivity contribution in [1.29, 1.82) is 0 Å². The van der Waals surface area contributed by atoms with E-state index < -0.39 is 23.7 Å². The number of carbonyl (C=O) groups excluding carboxylic acids is 1. The van der Waals surface area contributed by atoms with E-state index in [0.717, 1.165) is 11.1 Å². The summed E-state index contributed by atoms with van der Waals surface area (Å²) in [5, 5.41) is 1.38. The van der Waals surface area contributed by atoms with Crippen molar-refractivity contribution < 1.29 is 18.3 Å². The largest absolute Gasteiger partial charge is 0.377 e. The lowest BCUT2D eigenvalue weighted by Crippen LogP contribution is -2.47. The van der Waals surface area contributed by atoms with Crippen molar-refractivity contribution in [3.63, 3.8) is 0 Å². The van der Waals surface area contributed by atoms with Gasteiger partial charge in [-0.15, -0.1) is 0 Å². The smallest absolute Gasteiger partial charge is 0.315 e. The van der Waals surface area contributed by atoms with Gasteiger partial charge in [0.05, 0.1) is 12.0 Å². The van der Waals surface area contributed by atoms with Gasteiger partial charge in [-0.05, 0) is 29.9 Å². The molecule has 4 rings (SSSR count). The summed E-state index contributed by atoms with van der Waals surface area (Å²) in [6.45, 7) is 0.453. The Balaban J connectivity index is 2.07. The van der Waals surface area contributed by atoms with Crippen LogP contribution in [0.2, 0.25) is 0 Å². The molecule has 2 aliphatic rings. The molecule has 0 aromatic heterocycles. The van der Waals surface area contributed by atoms with Crippen molar-refractivity contribution >= 4 is 22.2 Å². The van der Waals surface area contributed by atoms with E-state index in [4.69, 9.17) is 4.74 Å². The van der Waals surface area contributed by atoms with Crippen molar-refractivity contribution in [3.05, 3.63) is 41.5 Å². The highest BCUT2D eigenvalue weighted by molar-refractivity contribution is 6.16. The fourth-order valence-corrected chi connectivity index (χ4v) is 4.02. The molecule has 0 amide bonds. The Bertz CT molecular complexity index is 831. The van der Waals surface area contributed by atoms with Crippen LogP contribution in [0.25, 0.3) is 10.8 Å². The number of hydrogen-bond acceptors (Lipinski definition) is 3. The number of carbonyl (C=O) groups is 1. The van der Waals surface area contributed by atoms with E-state index in [1.165, 1.54) is 0 Å². The first-order chi connectivity index (χ1) is 11.4. The molecule has 126 valence electrons. The van der Waals surface area contributed by atoms with Gasteiger partial charge in [0.1, 0.15) is 0 Å². The van der Waals surface area contributed by atoms with E-state index in [-0.39, 0.29) is 5.56 Å². The summed E-state index contributed by atoms with van der Waals surface area (Å²) < 4.78 is 35.2. The van der Waals surface area contributed by atoms with Crippen LogP contribution in [0.4, 0.5) is 14.5 Å². The van der Waals surface area contributed by atoms with Crippen molar-refractivity contribution in [1.82, 2.24) is 0 Å². The van der Waals surface area contributed by atoms with E-state index in [9.17, 15) is 13.6 Å². The Labute approximate surface area is 139 Å². The Morgan fingerprint density at radius 1 is 1.21 bits per heavy atom. The van der Waals surface area contributed by atoms with E-state index in [0.29, 0.717) is 30.4 Å². The van der Waals surface area contributed by atoms with Gasteiger partial charge in [-0.1, -0.05) is 24.3 Å². The zero-order valence-corrected chi connectivity index (χ0v) is 13.7. The number of ketones is 1. The first kappa shape index (κ1) is 15.5. The molecule has 0 radical (unpaired) electrons. The zero-order valence-electron chi connectivity index (χ0n) is 13.7. The van der Waals surface area contributed by atoms with Crippen LogP contribution in [-0.2, 0) is 4.74 Å². The van der Waals surface area contributed by atoms with Gasteiger partial charge in [-0.25, -0.2) is 0 Å². The third kappa shape index (κ3) is 2.00. The number of rotatable bonds is 1. The summed E-state index contributed by atoms with van der Waals surface area (Å²) in [5.41, 5.74) is 1.65. The van der Waals surface area contributed by atoms with Crippen LogP contribution in [0.3, 0.4) is 0 Å². The molecular weight excluding hydrogens is 312 g/mol. The molecule has 2 unspecified atom stereocenters. The van der Waals surface area contributed by atoms with Gasteiger partial charge >= 0.3 is 5.92 Å². The van der Waals surface area contributed by atoms with Crippen molar-refractivity contribution in [2.24, 2.45) is 5.92 Å². The van der Waals surface area contributed by atoms with Crippen LogP contribution in [0, 0.1) is 5.92 Å². The SMILES string of the molecule is CN(C)c1cc2c(c3ccccc13)C(=O)C(F)(F)C1CCCOC21. The second-order valence-corrected chi connectivity index (χ2v) is 6.79. The maximum Gasteiger partial charge on any atom is 0.315 e. The number of anilines is 1. The lowest BCUT2D eigenvalue weighted by atomic mass is 9.73. The van der Waals surface area contributed by atoms with Crippen molar-refractivity contribution in [3.8, 4) is 0 Å². The molecule has 0 N–H and O–H groups in total. The normalized spacial score (nSPS) is 25.2. The van der Waals surface area contributed by atoms with Gasteiger partial charge < -0.3 is 9.64 Å². The summed E-state index contributed by atoms with van der Waals surface area (Å²) >= 11 is 0. The van der Waals surface area contributed by atoms with Crippen LogP contribution in [0.5, 0.6) is 0 Å². The Morgan fingerprint density at radius 2 is 1.92 bits per heavy atom. The number of ether oxygens (including phenoxy) is 1. The number of benzene rings is 2. The minimum absolute atomic E-state index is 0.129. The molecule has 1 heterocycles. The lowest BCUT2D eigenvalue weighted by Gasteiger charge is -2.41. The van der Waals surface area contributed by atoms with Crippen LogP contribution in [0.15, 0.2) is 30.3 Å². The Morgan fingerprint density at radius 3 is 2.62 bits per heavy atom. The number of halogens is 2. The van der Waals surface area contributed by atoms with E-state index in [1.54, 1.807) is 12.1 Å². The molecule has 1 aliphatic heterocycles. The zero-order chi connectivity index (χ0) is 17.1. The molecule has 1 aliphatic carbocycles. The second-order valence-electron chi connectivity index (χ2n) is 6.79. The maximum absolute atomic E-state index is 14.8. The second kappa shape index (κ2) is 5.24. The Hall–Kier alpha value is -2.01. The van der Waals surface area contributed by atoms with Crippen LogP contribution in [-0.4, -0.2) is 32.4 Å². The van der Waals surface area contributed by atoms with Gasteiger partial charge in [-0.3, -0.25) is 4.79 Å². The van der Waals surface area contributed by atoms with Gasteiger partial charge in [0.2, 0.25) is 5.78 Å². The number of nitrogens with zero attached hydrogens (tertiary/aromatic N) is 1. The molecule has 0 bridgehead atoms. The van der Waals surface area contributed by atoms with E-state index in [2.05, 4.69) is 0 Å². The molecule has 3 nitrogen and oxygen atoms in total. The Kier molecular flexibility index (Phi) is 3.39. The van der Waals surface area contributed by atoms with Crippen molar-refractivity contribution in [2.75, 3.05) is 25.6 Å². The minimum atomic E-state index is -3.37. The minimum Gasteiger partial charge on any atom is -0.377 e. The molecule has 1 fully saturated rings. The highest BCUT2D eigenvalue weighted by atomic mass is 19.3. The van der Waals surface area contributed by atoms with Gasteiger partial charge in [-0.2, -0.15) is 8.78 Å². The monoisotopic (exact) mass is 331 g/mol. The first-order valence-corrected chi connectivity index (χ1v) is 8.20. The molecule has 2 aromatic rings. The van der Waals surface area contributed by atoms with Crippen LogP contribution < -0.4 is 4.90 Å². The third-order valence-electron chi connectivity index (χ3n) is 5.16. The number of hydrogen-bond donors (Lipinski definition) is 0. The summed E-state index contributed by atoms with van der Waals surface area (Å²) in [6.07, 6.45) is 0.158. The molecule has 1 saturated heterocycles. The first-order valence-electron chi connectivity index (χ1n) is 8.20. The molecule has 5 heteroatoms. The standard InChI is InChI=1S/C19H19F2NO2/c1-22(2)15-10-13-16(12-7-4-3-6-11(12)15)18(23)19(20,21)14-8-5-9-24-17(13)14/h3-4,6-7,10,14,17H,5,8-9H2,1-2H3. The number of fused-ring (bicyclic) bond motifs is 5. The summed E-state index contributed by atoms with van der Waals surface area (Å²) in [7, 11) is 3.82. The van der Waals surface area contributed by atoms with Gasteiger partial charge in [0, 0.05) is 37.3 Å². The van der Waals surface area contributed by atoms with E-state index in [1.807, 2.05) is 37.2 Å². The molecule has 0 spiro atoms. The predicted octanol–water partition coefficient (Wildman–Crippen LogP) is 4.21. The summed E-state index contributed by atoms with van der Waals surface area (Å²) in [5.74, 6) is -5.51. The number of alkyl halides is 2. The summed E-state index contributed by atoms with van der Waals surface area (Å²) in [4.78, 5) is 14.6. The highest BCUT2D eigenvalue weighted by Gasteiger charge is 2.57. The van der Waals surface area contributed by atoms with Gasteiger partial charge in [0.25, 0.3) is 0 Å². The maximum atomic E-state index is 14.8. The fourth-order valence-electron chi connectivity index (χ4n) is 4.02. The third-order valence-corrected chi connectivity index (χ3v) is 5.16. The topological polar surface area (TPSA) is 29.5 Å². The van der Waals surface area contributed by atoms with Crippen molar-refractivity contribution in [2.45, 2.75) is 24.9 Å². The average Bonchev–Trinajstić information content (AvgIpc) is 2.58. The number of Topliss-reactive ketones (excluding diaryl/α,β-unsaturated/α-hetero) is 1. The molecule has 2 aromatic carbocycles. The molecule has 24 heavy (non-hydrogen) atoms. The van der Waals surface area contributed by atoms with Crippen LogP contribution >= 0.6 is 0 Å². The molecular formula is C19H19F2NO2. The van der Waals surface area contributed by atoms with Gasteiger partial charge in [0.15, 0.2) is 0 Å².